The fourth-order valence-electron chi connectivity index (χ4n) is 1.15. The number of amides is 1. The van der Waals surface area contributed by atoms with Crippen molar-refractivity contribution < 1.29 is 4.79 Å². The average Bonchev–Trinajstić information content (AvgIpc) is 2.33. The van der Waals surface area contributed by atoms with E-state index in [2.05, 4.69) is 0 Å². The van der Waals surface area contributed by atoms with Crippen LogP contribution in [0.3, 0.4) is 0 Å². The minimum absolute atomic E-state index is 0.0187. The van der Waals surface area contributed by atoms with Gasteiger partial charge in [0.2, 0.25) is 5.91 Å². The van der Waals surface area contributed by atoms with Gasteiger partial charge in [-0.25, -0.2) is 0 Å². The summed E-state index contributed by atoms with van der Waals surface area (Å²) in [5.41, 5.74) is 0. The molecule has 0 saturated heterocycles. The van der Waals surface area contributed by atoms with Gasteiger partial charge in [0.1, 0.15) is 0 Å². The summed E-state index contributed by atoms with van der Waals surface area (Å²) in [5, 5.41) is 9.09. The highest BCUT2D eigenvalue weighted by Gasteiger charge is 2.08. The second kappa shape index (κ2) is 7.21. The molecule has 1 aromatic rings. The number of halogens is 1. The van der Waals surface area contributed by atoms with E-state index in [0.29, 0.717) is 23.7 Å². The summed E-state index contributed by atoms with van der Waals surface area (Å²) in [6, 6.07) is 9.41. The zero-order chi connectivity index (χ0) is 12.7. The first-order valence-corrected chi connectivity index (χ1v) is 6.49. The topological polar surface area (TPSA) is 44.1 Å². The number of carbonyl (C=O) groups excluding carboxylic acids is 1. The second-order valence-electron chi connectivity index (χ2n) is 3.47. The highest BCUT2D eigenvalue weighted by atomic mass is 35.5. The molecule has 1 aromatic carbocycles. The van der Waals surface area contributed by atoms with Crippen molar-refractivity contribution >= 4 is 29.3 Å². The van der Waals surface area contributed by atoms with Gasteiger partial charge >= 0.3 is 0 Å². The van der Waals surface area contributed by atoms with Crippen molar-refractivity contribution in [1.29, 1.82) is 5.26 Å². The predicted octanol–water partition coefficient (Wildman–Crippen LogP) is 2.80. The van der Waals surface area contributed by atoms with Crippen molar-refractivity contribution in [2.75, 3.05) is 19.3 Å². The van der Waals surface area contributed by atoms with Crippen LogP contribution in [0.25, 0.3) is 0 Å². The van der Waals surface area contributed by atoms with Crippen LogP contribution in [0.4, 0.5) is 0 Å². The number of nitrogens with zero attached hydrogens (tertiary/aromatic N) is 2. The first-order valence-electron chi connectivity index (χ1n) is 5.13. The molecule has 17 heavy (non-hydrogen) atoms. The molecule has 0 fully saturated rings. The van der Waals surface area contributed by atoms with Gasteiger partial charge in [0.05, 0.1) is 18.2 Å². The van der Waals surface area contributed by atoms with Crippen LogP contribution in [0.5, 0.6) is 0 Å². The molecule has 0 aliphatic heterocycles. The Morgan fingerprint density at radius 2 is 2.35 bits per heavy atom. The lowest BCUT2D eigenvalue weighted by Crippen LogP contribution is -2.29. The molecular formula is C12H13ClN2OS. The third-order valence-electron chi connectivity index (χ3n) is 2.14. The molecule has 0 heterocycles. The third-order valence-corrected chi connectivity index (χ3v) is 3.36. The number of carbonyl (C=O) groups is 1. The van der Waals surface area contributed by atoms with Crippen molar-refractivity contribution in [3.05, 3.63) is 29.3 Å². The van der Waals surface area contributed by atoms with E-state index < -0.39 is 0 Å². The molecule has 1 amide bonds. The van der Waals surface area contributed by atoms with Crippen LogP contribution < -0.4 is 0 Å². The van der Waals surface area contributed by atoms with E-state index in [-0.39, 0.29) is 5.91 Å². The van der Waals surface area contributed by atoms with E-state index in [1.807, 2.05) is 24.3 Å². The highest BCUT2D eigenvalue weighted by molar-refractivity contribution is 8.00. The molecule has 90 valence electrons. The minimum atomic E-state index is 0.0187. The van der Waals surface area contributed by atoms with E-state index in [1.54, 1.807) is 18.0 Å². The van der Waals surface area contributed by atoms with E-state index >= 15 is 0 Å². The van der Waals surface area contributed by atoms with Crippen molar-refractivity contribution in [2.45, 2.75) is 11.3 Å². The Bertz CT molecular complexity index is 431. The Balaban J connectivity index is 2.40. The molecule has 0 atom stereocenters. The molecule has 3 nitrogen and oxygen atoms in total. The molecule has 0 aliphatic carbocycles. The van der Waals surface area contributed by atoms with E-state index in [1.165, 1.54) is 11.8 Å². The summed E-state index contributed by atoms with van der Waals surface area (Å²) < 4.78 is 0. The average molecular weight is 269 g/mol. The maximum Gasteiger partial charge on any atom is 0.232 e. The normalized spacial score (nSPS) is 9.71. The van der Waals surface area contributed by atoms with Crippen LogP contribution >= 0.6 is 23.4 Å². The van der Waals surface area contributed by atoms with Gasteiger partial charge in [-0.3, -0.25) is 4.79 Å². The van der Waals surface area contributed by atoms with Crippen LogP contribution in [-0.4, -0.2) is 30.2 Å². The highest BCUT2D eigenvalue weighted by Crippen LogP contribution is 2.21. The number of hydrogen-bond acceptors (Lipinski definition) is 3. The van der Waals surface area contributed by atoms with Crippen LogP contribution in [0.2, 0.25) is 5.02 Å². The van der Waals surface area contributed by atoms with Gasteiger partial charge in [0.15, 0.2) is 0 Å². The zero-order valence-electron chi connectivity index (χ0n) is 9.52. The predicted molar refractivity (Wildman–Crippen MR) is 70.0 cm³/mol. The maximum absolute atomic E-state index is 11.7. The Morgan fingerprint density at radius 3 is 3.00 bits per heavy atom. The van der Waals surface area contributed by atoms with Gasteiger partial charge in [0, 0.05) is 23.5 Å². The van der Waals surface area contributed by atoms with Gasteiger partial charge in [-0.2, -0.15) is 5.26 Å². The van der Waals surface area contributed by atoms with Gasteiger partial charge < -0.3 is 4.90 Å². The second-order valence-corrected chi connectivity index (χ2v) is 4.95. The fraction of sp³-hybridized carbons (Fsp3) is 0.333. The quantitative estimate of drug-likeness (QED) is 0.772. The zero-order valence-corrected chi connectivity index (χ0v) is 11.1. The molecule has 0 N–H and O–H groups in total. The van der Waals surface area contributed by atoms with Gasteiger partial charge in [-0.15, -0.1) is 11.8 Å². The minimum Gasteiger partial charge on any atom is -0.344 e. The number of hydrogen-bond donors (Lipinski definition) is 0. The number of rotatable bonds is 5. The number of nitriles is 1. The van der Waals surface area contributed by atoms with Crippen molar-refractivity contribution in [1.82, 2.24) is 4.90 Å². The first kappa shape index (κ1) is 13.9. The van der Waals surface area contributed by atoms with E-state index in [0.717, 1.165) is 4.90 Å². The van der Waals surface area contributed by atoms with E-state index in [9.17, 15) is 4.79 Å². The van der Waals surface area contributed by atoms with E-state index in [4.69, 9.17) is 16.9 Å². The summed E-state index contributed by atoms with van der Waals surface area (Å²) in [7, 11) is 1.71. The Hall–Kier alpha value is -1.18. The molecule has 0 aromatic heterocycles. The third kappa shape index (κ3) is 5.12. The number of benzene rings is 1. The van der Waals surface area contributed by atoms with Crippen molar-refractivity contribution in [3.63, 3.8) is 0 Å². The maximum atomic E-state index is 11.7. The van der Waals surface area contributed by atoms with Crippen LogP contribution in [0, 0.1) is 11.3 Å². The molecule has 0 saturated carbocycles. The monoisotopic (exact) mass is 268 g/mol. The molecule has 1 rings (SSSR count). The lowest BCUT2D eigenvalue weighted by Gasteiger charge is -2.14. The molecule has 0 aliphatic rings. The van der Waals surface area contributed by atoms with Gasteiger partial charge in [-0.05, 0) is 18.2 Å². The smallest absolute Gasteiger partial charge is 0.232 e. The summed E-state index contributed by atoms with van der Waals surface area (Å²) in [4.78, 5) is 14.2. The van der Waals surface area contributed by atoms with Gasteiger partial charge in [0.25, 0.3) is 0 Å². The van der Waals surface area contributed by atoms with Crippen LogP contribution in [-0.2, 0) is 4.79 Å². The first-order chi connectivity index (χ1) is 8.13. The Kier molecular flexibility index (Phi) is 5.88. The number of thioether (sulfide) groups is 1. The Labute approximate surface area is 110 Å². The summed E-state index contributed by atoms with van der Waals surface area (Å²) in [6.45, 7) is 0.478. The van der Waals surface area contributed by atoms with Gasteiger partial charge in [-0.1, -0.05) is 17.7 Å². The Morgan fingerprint density at radius 1 is 1.59 bits per heavy atom. The van der Waals surface area contributed by atoms with Crippen molar-refractivity contribution in [3.8, 4) is 6.07 Å². The largest absolute Gasteiger partial charge is 0.344 e. The summed E-state index contributed by atoms with van der Waals surface area (Å²) in [5.74, 6) is 0.382. The van der Waals surface area contributed by atoms with Crippen LogP contribution in [0.1, 0.15) is 6.42 Å². The summed E-state index contributed by atoms with van der Waals surface area (Å²) >= 11 is 7.29. The molecular weight excluding hydrogens is 256 g/mol. The standard InChI is InChI=1S/C12H13ClN2OS/c1-15(7-3-6-14)12(16)9-17-11-5-2-4-10(13)8-11/h2,4-5,8H,3,7,9H2,1H3. The van der Waals surface area contributed by atoms with Crippen molar-refractivity contribution in [2.24, 2.45) is 0 Å². The lowest BCUT2D eigenvalue weighted by molar-refractivity contribution is -0.127. The SMILES string of the molecule is CN(CCC#N)C(=O)CSc1cccc(Cl)c1. The van der Waals surface area contributed by atoms with Crippen LogP contribution in [0.15, 0.2) is 29.2 Å². The molecule has 0 spiro atoms. The fourth-order valence-corrected chi connectivity index (χ4v) is 2.31. The molecule has 0 radical (unpaired) electrons. The molecule has 5 heteroatoms. The molecule has 0 bridgehead atoms. The molecule has 0 unspecified atom stereocenters. The lowest BCUT2D eigenvalue weighted by atomic mass is 10.4. The summed E-state index contributed by atoms with van der Waals surface area (Å²) in [6.07, 6.45) is 0.365.